The molecule has 2 heterocycles. The first-order valence-electron chi connectivity index (χ1n) is 9.70. The maximum Gasteiger partial charge on any atom is 0.417 e. The number of hydrogen-bond donors (Lipinski definition) is 0. The number of hydrogen-bond acceptors (Lipinski definition) is 3. The smallest absolute Gasteiger partial charge is 0.417 e. The minimum absolute atomic E-state index is 0.107. The molecule has 8 heteroatoms. The molecule has 3 aromatic rings. The van der Waals surface area contributed by atoms with Crippen LogP contribution in [0.2, 0.25) is 5.02 Å². The van der Waals surface area contributed by atoms with Gasteiger partial charge in [0.15, 0.2) is 5.78 Å². The zero-order valence-electron chi connectivity index (χ0n) is 17.2. The van der Waals surface area contributed by atoms with Crippen molar-refractivity contribution in [1.82, 2.24) is 9.55 Å². The molecule has 0 spiro atoms. The number of halogens is 4. The highest BCUT2D eigenvalue weighted by Gasteiger charge is 2.34. The summed E-state index contributed by atoms with van der Waals surface area (Å²) in [5.41, 5.74) is 2.52. The fourth-order valence-corrected chi connectivity index (χ4v) is 4.15. The Balaban J connectivity index is 1.61. The number of carbonyl (C=O) groups excluding carboxylic acids is 1. The van der Waals surface area contributed by atoms with Crippen LogP contribution in [0.25, 0.3) is 5.69 Å². The van der Waals surface area contributed by atoms with E-state index in [1.807, 2.05) is 25.1 Å². The predicted octanol–water partition coefficient (Wildman–Crippen LogP) is 6.80. The van der Waals surface area contributed by atoms with Gasteiger partial charge in [-0.15, -0.1) is 0 Å². The highest BCUT2D eigenvalue weighted by Crippen LogP contribution is 2.38. The Kier molecular flexibility index (Phi) is 5.12. The van der Waals surface area contributed by atoms with Gasteiger partial charge in [0.05, 0.1) is 5.56 Å². The highest BCUT2D eigenvalue weighted by molar-refractivity contribution is 6.31. The van der Waals surface area contributed by atoms with Crippen LogP contribution in [-0.4, -0.2) is 15.3 Å². The Morgan fingerprint density at radius 2 is 1.81 bits per heavy atom. The van der Waals surface area contributed by atoms with Gasteiger partial charge < -0.3 is 9.30 Å². The molecule has 0 bridgehead atoms. The number of nitrogens with zero attached hydrogens (tertiary/aromatic N) is 2. The predicted molar refractivity (Wildman–Crippen MR) is 111 cm³/mol. The number of ketones is 1. The van der Waals surface area contributed by atoms with Crippen LogP contribution < -0.4 is 4.74 Å². The lowest BCUT2D eigenvalue weighted by Gasteiger charge is -2.29. The number of alkyl halides is 3. The Bertz CT molecular complexity index is 1160. The average Bonchev–Trinajstić information content (AvgIpc) is 2.98. The molecular weight excluding hydrogens is 429 g/mol. The lowest BCUT2D eigenvalue weighted by atomic mass is 9.76. The van der Waals surface area contributed by atoms with Crippen LogP contribution in [0, 0.1) is 12.3 Å². The molecule has 162 valence electrons. The molecule has 1 aromatic carbocycles. The Hall–Kier alpha value is -2.80. The molecule has 31 heavy (non-hydrogen) atoms. The lowest BCUT2D eigenvalue weighted by molar-refractivity contribution is -0.137. The fourth-order valence-electron chi connectivity index (χ4n) is 3.94. The average molecular weight is 449 g/mol. The summed E-state index contributed by atoms with van der Waals surface area (Å²) in [5, 5.41) is -0.227. The Morgan fingerprint density at radius 1 is 1.13 bits per heavy atom. The van der Waals surface area contributed by atoms with Crippen molar-refractivity contribution in [2.24, 2.45) is 5.41 Å². The van der Waals surface area contributed by atoms with Gasteiger partial charge in [-0.2, -0.15) is 13.2 Å². The van der Waals surface area contributed by atoms with Crippen LogP contribution in [0.1, 0.15) is 47.6 Å². The molecule has 0 unspecified atom stereocenters. The summed E-state index contributed by atoms with van der Waals surface area (Å²) in [6.07, 6.45) is -2.54. The summed E-state index contributed by atoms with van der Waals surface area (Å²) in [7, 11) is 0. The zero-order valence-corrected chi connectivity index (χ0v) is 17.9. The summed E-state index contributed by atoms with van der Waals surface area (Å²) >= 11 is 5.91. The number of carbonyl (C=O) groups is 1. The molecule has 2 aromatic heterocycles. The maximum absolute atomic E-state index is 12.8. The molecular formula is C23H20ClF3N2O2. The van der Waals surface area contributed by atoms with Gasteiger partial charge in [-0.25, -0.2) is 4.98 Å². The van der Waals surface area contributed by atoms with E-state index < -0.39 is 11.7 Å². The van der Waals surface area contributed by atoms with Crippen LogP contribution >= 0.6 is 11.6 Å². The third kappa shape index (κ3) is 4.19. The second-order valence-corrected chi connectivity index (χ2v) is 8.93. The van der Waals surface area contributed by atoms with Crippen LogP contribution in [0.3, 0.4) is 0 Å². The summed E-state index contributed by atoms with van der Waals surface area (Å²) < 4.78 is 45.9. The van der Waals surface area contributed by atoms with Crippen molar-refractivity contribution in [2.45, 2.75) is 39.8 Å². The van der Waals surface area contributed by atoms with Crippen LogP contribution in [0.5, 0.6) is 11.6 Å². The monoisotopic (exact) mass is 448 g/mol. The molecule has 0 saturated carbocycles. The molecule has 0 amide bonds. The van der Waals surface area contributed by atoms with E-state index in [1.165, 1.54) is 0 Å². The number of pyridine rings is 1. The van der Waals surface area contributed by atoms with Gasteiger partial charge in [0, 0.05) is 35.3 Å². The highest BCUT2D eigenvalue weighted by atomic mass is 35.5. The summed E-state index contributed by atoms with van der Waals surface area (Å²) in [4.78, 5) is 16.2. The van der Waals surface area contributed by atoms with E-state index in [4.69, 9.17) is 16.3 Å². The topological polar surface area (TPSA) is 44.1 Å². The lowest BCUT2D eigenvalue weighted by Crippen LogP contribution is -2.27. The number of fused-ring (bicyclic) bond motifs is 1. The summed E-state index contributed by atoms with van der Waals surface area (Å²) in [5.74, 6) is 0.424. The molecule has 0 atom stereocenters. The Morgan fingerprint density at radius 3 is 2.42 bits per heavy atom. The van der Waals surface area contributed by atoms with Crippen molar-refractivity contribution in [1.29, 1.82) is 0 Å². The molecule has 0 N–H and O–H groups in total. The van der Waals surface area contributed by atoms with Crippen molar-refractivity contribution in [3.8, 4) is 17.3 Å². The van der Waals surface area contributed by atoms with Crippen molar-refractivity contribution in [3.63, 3.8) is 0 Å². The quantitative estimate of drug-likeness (QED) is 0.442. The van der Waals surface area contributed by atoms with E-state index in [2.05, 4.69) is 23.4 Å². The van der Waals surface area contributed by atoms with Gasteiger partial charge in [0.1, 0.15) is 10.8 Å². The minimum Gasteiger partial charge on any atom is -0.438 e. The molecule has 4 nitrogen and oxygen atoms in total. The summed E-state index contributed by atoms with van der Waals surface area (Å²) in [6.45, 7) is 6.12. The number of ether oxygens (including phenoxy) is 1. The van der Waals surface area contributed by atoms with Gasteiger partial charge in [0.2, 0.25) is 5.88 Å². The van der Waals surface area contributed by atoms with Gasteiger partial charge in [-0.1, -0.05) is 25.4 Å². The van der Waals surface area contributed by atoms with E-state index in [0.717, 1.165) is 35.1 Å². The zero-order chi connectivity index (χ0) is 22.6. The molecule has 0 saturated heterocycles. The molecule has 0 aliphatic heterocycles. The first-order chi connectivity index (χ1) is 14.4. The van der Waals surface area contributed by atoms with Crippen LogP contribution in [0.4, 0.5) is 13.2 Å². The van der Waals surface area contributed by atoms with E-state index in [0.29, 0.717) is 18.4 Å². The molecule has 1 aliphatic rings. The Labute approximate surface area is 182 Å². The number of rotatable bonds is 3. The molecule has 4 rings (SSSR count). The van der Waals surface area contributed by atoms with Crippen LogP contribution in [0.15, 0.2) is 42.6 Å². The second kappa shape index (κ2) is 7.41. The standard InChI is InChI=1S/C23H20ClF3N2O2/c1-13-8-17-19(10-22(2,3)11-20(17)30)29(13)15-4-6-16(7-5-15)31-21-18(24)9-14(12-28-21)23(25,26)27/h4-9,12H,10-11H2,1-3H3. The van der Waals surface area contributed by atoms with Crippen LogP contribution in [-0.2, 0) is 12.6 Å². The molecule has 0 fully saturated rings. The first-order valence-corrected chi connectivity index (χ1v) is 10.1. The van der Waals surface area contributed by atoms with E-state index >= 15 is 0 Å². The third-order valence-electron chi connectivity index (χ3n) is 5.32. The van der Waals surface area contributed by atoms with Crippen molar-refractivity contribution in [2.75, 3.05) is 0 Å². The van der Waals surface area contributed by atoms with Crippen molar-refractivity contribution in [3.05, 3.63) is 70.1 Å². The van der Waals surface area contributed by atoms with Crippen molar-refractivity contribution < 1.29 is 22.7 Å². The SMILES string of the molecule is Cc1cc2c(n1-c1ccc(Oc3ncc(C(F)(F)F)cc3Cl)cc1)CC(C)(C)CC2=O. The van der Waals surface area contributed by atoms with E-state index in [9.17, 15) is 18.0 Å². The van der Waals surface area contributed by atoms with Gasteiger partial charge in [0.25, 0.3) is 0 Å². The fraction of sp³-hybridized carbons (Fsp3) is 0.304. The van der Waals surface area contributed by atoms with E-state index in [-0.39, 0.29) is 22.1 Å². The molecule has 1 aliphatic carbocycles. The first kappa shape index (κ1) is 21.4. The number of Topliss-reactive ketones (excluding diaryl/α,β-unsaturated/α-hetero) is 1. The van der Waals surface area contributed by atoms with Gasteiger partial charge in [-0.3, -0.25) is 4.79 Å². The van der Waals surface area contributed by atoms with E-state index in [1.54, 1.807) is 12.1 Å². The summed E-state index contributed by atoms with van der Waals surface area (Å²) in [6, 6.07) is 9.73. The molecule has 0 radical (unpaired) electrons. The largest absolute Gasteiger partial charge is 0.438 e. The number of aromatic nitrogens is 2. The maximum atomic E-state index is 12.8. The minimum atomic E-state index is -4.53. The normalized spacial score (nSPS) is 15.6. The number of aryl methyl sites for hydroxylation is 1. The van der Waals surface area contributed by atoms with Gasteiger partial charge >= 0.3 is 6.18 Å². The van der Waals surface area contributed by atoms with Crippen molar-refractivity contribution >= 4 is 17.4 Å². The second-order valence-electron chi connectivity index (χ2n) is 8.53. The third-order valence-corrected chi connectivity index (χ3v) is 5.59. The number of benzene rings is 1. The van der Waals surface area contributed by atoms with Gasteiger partial charge in [-0.05, 0) is 55.2 Å².